The molecule has 1 aromatic carbocycles. The van der Waals surface area contributed by atoms with E-state index in [1.54, 1.807) is 14.2 Å². The van der Waals surface area contributed by atoms with Gasteiger partial charge in [0.05, 0.1) is 12.2 Å². The van der Waals surface area contributed by atoms with Crippen LogP contribution in [0.25, 0.3) is 0 Å². The molecule has 1 aromatic rings. The van der Waals surface area contributed by atoms with Crippen LogP contribution in [-0.4, -0.2) is 26.4 Å². The molecule has 3 heteroatoms. The fourth-order valence-corrected chi connectivity index (χ4v) is 2.01. The van der Waals surface area contributed by atoms with Gasteiger partial charge in [-0.25, -0.2) is 0 Å². The Morgan fingerprint density at radius 2 is 1.50 bits per heavy atom. The van der Waals surface area contributed by atoms with Crippen LogP contribution in [0.4, 0.5) is 0 Å². The highest BCUT2D eigenvalue weighted by molar-refractivity contribution is 6.30. The Morgan fingerprint density at radius 1 is 1.00 bits per heavy atom. The molecule has 0 amide bonds. The van der Waals surface area contributed by atoms with Crippen molar-refractivity contribution in [1.82, 2.24) is 0 Å². The summed E-state index contributed by atoms with van der Waals surface area (Å²) >= 11 is 5.81. The van der Waals surface area contributed by atoms with Crippen molar-refractivity contribution in [2.75, 3.05) is 14.2 Å². The van der Waals surface area contributed by atoms with Crippen molar-refractivity contribution in [3.05, 3.63) is 34.9 Å². The summed E-state index contributed by atoms with van der Waals surface area (Å²) in [4.78, 5) is 0. The highest BCUT2D eigenvalue weighted by Crippen LogP contribution is 2.45. The molecule has 0 aromatic heterocycles. The first-order chi connectivity index (χ1) is 6.77. The molecule has 14 heavy (non-hydrogen) atoms. The minimum atomic E-state index is 0.196. The topological polar surface area (TPSA) is 18.5 Å². The van der Waals surface area contributed by atoms with Gasteiger partial charge >= 0.3 is 0 Å². The van der Waals surface area contributed by atoms with Gasteiger partial charge in [-0.05, 0) is 17.7 Å². The molecule has 2 atom stereocenters. The van der Waals surface area contributed by atoms with Crippen LogP contribution >= 0.6 is 11.6 Å². The molecule has 0 aliphatic heterocycles. The monoisotopic (exact) mass is 212 g/mol. The van der Waals surface area contributed by atoms with Crippen LogP contribution in [0.2, 0.25) is 5.02 Å². The third kappa shape index (κ3) is 1.65. The minimum Gasteiger partial charge on any atom is -0.378 e. The molecule has 2 rings (SSSR count). The van der Waals surface area contributed by atoms with Gasteiger partial charge in [0.1, 0.15) is 0 Å². The predicted octanol–water partition coefficient (Wildman–Crippen LogP) is 2.47. The van der Waals surface area contributed by atoms with E-state index < -0.39 is 0 Å². The second-order valence-corrected chi connectivity index (χ2v) is 3.91. The van der Waals surface area contributed by atoms with Crippen molar-refractivity contribution in [2.45, 2.75) is 18.1 Å². The molecule has 0 spiro atoms. The van der Waals surface area contributed by atoms with Crippen molar-refractivity contribution in [3.63, 3.8) is 0 Å². The highest BCUT2D eigenvalue weighted by Gasteiger charge is 2.52. The number of benzene rings is 1. The first kappa shape index (κ1) is 9.97. The Hall–Kier alpha value is -0.570. The zero-order valence-electron chi connectivity index (χ0n) is 8.24. The summed E-state index contributed by atoms with van der Waals surface area (Å²) in [5.41, 5.74) is 1.23. The second-order valence-electron chi connectivity index (χ2n) is 3.48. The summed E-state index contributed by atoms with van der Waals surface area (Å²) in [6, 6.07) is 7.85. The van der Waals surface area contributed by atoms with E-state index in [9.17, 15) is 0 Å². The van der Waals surface area contributed by atoms with Crippen LogP contribution in [0.3, 0.4) is 0 Å². The molecule has 0 radical (unpaired) electrons. The smallest absolute Gasteiger partial charge is 0.0934 e. The van der Waals surface area contributed by atoms with E-state index in [1.807, 2.05) is 24.3 Å². The van der Waals surface area contributed by atoms with Gasteiger partial charge in [-0.1, -0.05) is 23.7 Å². The van der Waals surface area contributed by atoms with E-state index in [4.69, 9.17) is 21.1 Å². The minimum absolute atomic E-state index is 0.196. The van der Waals surface area contributed by atoms with Crippen LogP contribution in [0, 0.1) is 0 Å². The zero-order chi connectivity index (χ0) is 10.1. The van der Waals surface area contributed by atoms with Crippen molar-refractivity contribution < 1.29 is 9.47 Å². The molecule has 76 valence electrons. The number of hydrogen-bond acceptors (Lipinski definition) is 2. The quantitative estimate of drug-likeness (QED) is 0.767. The van der Waals surface area contributed by atoms with Gasteiger partial charge in [0, 0.05) is 25.2 Å². The normalized spacial score (nSPS) is 30.4. The zero-order valence-corrected chi connectivity index (χ0v) is 8.99. The van der Waals surface area contributed by atoms with Crippen LogP contribution in [-0.2, 0) is 9.47 Å². The molecule has 0 N–H and O–H groups in total. The second kappa shape index (κ2) is 3.89. The maximum Gasteiger partial charge on any atom is 0.0934 e. The van der Waals surface area contributed by atoms with Crippen molar-refractivity contribution in [1.29, 1.82) is 0 Å². The molecule has 0 saturated heterocycles. The number of ether oxygens (including phenoxy) is 2. The van der Waals surface area contributed by atoms with Gasteiger partial charge in [-0.2, -0.15) is 0 Å². The fourth-order valence-electron chi connectivity index (χ4n) is 1.88. The van der Waals surface area contributed by atoms with E-state index in [1.165, 1.54) is 5.56 Å². The Kier molecular flexibility index (Phi) is 2.77. The molecular weight excluding hydrogens is 200 g/mol. The molecule has 1 fully saturated rings. The summed E-state index contributed by atoms with van der Waals surface area (Å²) in [6.45, 7) is 0. The third-order valence-corrected chi connectivity index (χ3v) is 2.94. The van der Waals surface area contributed by atoms with E-state index in [-0.39, 0.29) is 12.2 Å². The Labute approximate surface area is 88.8 Å². The van der Waals surface area contributed by atoms with Crippen molar-refractivity contribution >= 4 is 11.6 Å². The van der Waals surface area contributed by atoms with Crippen LogP contribution in [0.5, 0.6) is 0 Å². The van der Waals surface area contributed by atoms with Crippen LogP contribution in [0.15, 0.2) is 24.3 Å². The van der Waals surface area contributed by atoms with Crippen molar-refractivity contribution in [3.8, 4) is 0 Å². The molecule has 1 aliphatic carbocycles. The van der Waals surface area contributed by atoms with E-state index >= 15 is 0 Å². The highest BCUT2D eigenvalue weighted by atomic mass is 35.5. The van der Waals surface area contributed by atoms with Gasteiger partial charge in [0.2, 0.25) is 0 Å². The lowest BCUT2D eigenvalue weighted by Crippen LogP contribution is -1.96. The fraction of sp³-hybridized carbons (Fsp3) is 0.455. The molecule has 2 nitrogen and oxygen atoms in total. The average molecular weight is 213 g/mol. The Balaban J connectivity index is 2.13. The number of halogens is 1. The summed E-state index contributed by atoms with van der Waals surface area (Å²) in [5, 5.41) is 0.761. The number of hydrogen-bond donors (Lipinski definition) is 0. The molecule has 2 unspecified atom stereocenters. The lowest BCUT2D eigenvalue weighted by Gasteiger charge is -1.98. The standard InChI is InChI=1S/C11H13ClO2/c1-13-10-9(11(10)14-2)7-3-5-8(12)6-4-7/h3-6,9-11H,1-2H3. The summed E-state index contributed by atoms with van der Waals surface area (Å²) in [5.74, 6) is 0.363. The van der Waals surface area contributed by atoms with Gasteiger partial charge in [-0.15, -0.1) is 0 Å². The molecular formula is C11H13ClO2. The van der Waals surface area contributed by atoms with Gasteiger partial charge in [0.15, 0.2) is 0 Å². The van der Waals surface area contributed by atoms with Crippen LogP contribution < -0.4 is 0 Å². The van der Waals surface area contributed by atoms with E-state index in [0.717, 1.165) is 5.02 Å². The van der Waals surface area contributed by atoms with Gasteiger partial charge in [0.25, 0.3) is 0 Å². The van der Waals surface area contributed by atoms with Crippen molar-refractivity contribution in [2.24, 2.45) is 0 Å². The third-order valence-electron chi connectivity index (χ3n) is 2.69. The maximum absolute atomic E-state index is 5.81. The molecule has 0 heterocycles. The Bertz CT molecular complexity index is 300. The first-order valence-corrected chi connectivity index (χ1v) is 4.96. The number of rotatable bonds is 3. The first-order valence-electron chi connectivity index (χ1n) is 4.59. The van der Waals surface area contributed by atoms with E-state index in [2.05, 4.69) is 0 Å². The van der Waals surface area contributed by atoms with Crippen LogP contribution in [0.1, 0.15) is 11.5 Å². The summed E-state index contributed by atoms with van der Waals surface area (Å²) < 4.78 is 10.6. The van der Waals surface area contributed by atoms with Gasteiger partial charge in [-0.3, -0.25) is 0 Å². The lowest BCUT2D eigenvalue weighted by molar-refractivity contribution is 0.0972. The summed E-state index contributed by atoms with van der Waals surface area (Å²) in [6.07, 6.45) is 0.391. The molecule has 1 aliphatic rings. The predicted molar refractivity (Wildman–Crippen MR) is 55.8 cm³/mol. The van der Waals surface area contributed by atoms with Gasteiger partial charge < -0.3 is 9.47 Å². The molecule has 1 saturated carbocycles. The molecule has 0 bridgehead atoms. The number of methoxy groups -OCH3 is 2. The summed E-state index contributed by atoms with van der Waals surface area (Å²) in [7, 11) is 3.43. The largest absolute Gasteiger partial charge is 0.378 e. The van der Waals surface area contributed by atoms with E-state index in [0.29, 0.717) is 5.92 Å². The maximum atomic E-state index is 5.81. The lowest BCUT2D eigenvalue weighted by atomic mass is 10.1. The average Bonchev–Trinajstić information content (AvgIpc) is 2.92. The SMILES string of the molecule is COC1C(OC)C1c1ccc(Cl)cc1. The Morgan fingerprint density at radius 3 is 1.93 bits per heavy atom.